The van der Waals surface area contributed by atoms with Crippen LogP contribution in [0.4, 0.5) is 10.5 Å². The quantitative estimate of drug-likeness (QED) is 0.726. The van der Waals surface area contributed by atoms with E-state index in [1.54, 1.807) is 26.1 Å². The van der Waals surface area contributed by atoms with Crippen LogP contribution in [-0.4, -0.2) is 25.1 Å². The first-order valence-corrected chi connectivity index (χ1v) is 5.66. The second-order valence-corrected chi connectivity index (χ2v) is 4.01. The average Bonchev–Trinajstić information content (AvgIpc) is 2.37. The molecular formula is C12H15N3O3. The molecule has 18 heavy (non-hydrogen) atoms. The number of rotatable bonds is 2. The minimum absolute atomic E-state index is 0.168. The number of anilines is 1. The van der Waals surface area contributed by atoms with E-state index < -0.39 is 6.10 Å². The van der Waals surface area contributed by atoms with E-state index in [0.717, 1.165) is 5.56 Å². The van der Waals surface area contributed by atoms with Gasteiger partial charge in [-0.2, -0.15) is 0 Å². The predicted octanol–water partition coefficient (Wildman–Crippen LogP) is 0.835. The first-order chi connectivity index (χ1) is 8.60. The van der Waals surface area contributed by atoms with E-state index in [9.17, 15) is 9.59 Å². The van der Waals surface area contributed by atoms with Crippen molar-refractivity contribution in [3.63, 3.8) is 0 Å². The molecule has 0 radical (unpaired) electrons. The first-order valence-electron chi connectivity index (χ1n) is 5.66. The minimum atomic E-state index is -0.479. The SMILES string of the molecule is CNC(=O)NCc1ccc2c(c1)NC(=O)C(C)O2. The molecule has 0 saturated heterocycles. The molecule has 1 atom stereocenters. The number of hydrogen-bond donors (Lipinski definition) is 3. The highest BCUT2D eigenvalue weighted by molar-refractivity contribution is 5.97. The highest BCUT2D eigenvalue weighted by atomic mass is 16.5. The van der Waals surface area contributed by atoms with Crippen LogP contribution in [0.1, 0.15) is 12.5 Å². The molecule has 3 N–H and O–H groups in total. The molecule has 6 nitrogen and oxygen atoms in total. The summed E-state index contributed by atoms with van der Waals surface area (Å²) in [6.07, 6.45) is -0.479. The van der Waals surface area contributed by atoms with E-state index >= 15 is 0 Å². The standard InChI is InChI=1S/C12H15N3O3/c1-7-11(16)15-9-5-8(3-4-10(9)18-7)6-14-12(17)13-2/h3-5,7H,6H2,1-2H3,(H,15,16)(H2,13,14,17). The van der Waals surface area contributed by atoms with E-state index in [0.29, 0.717) is 18.0 Å². The topological polar surface area (TPSA) is 79.5 Å². The Hall–Kier alpha value is -2.24. The number of nitrogens with one attached hydrogen (secondary N) is 3. The summed E-state index contributed by atoms with van der Waals surface area (Å²) in [7, 11) is 1.55. The number of hydrogen-bond acceptors (Lipinski definition) is 3. The van der Waals surface area contributed by atoms with Crippen molar-refractivity contribution in [3.05, 3.63) is 23.8 Å². The maximum Gasteiger partial charge on any atom is 0.314 e. The van der Waals surface area contributed by atoms with E-state index in [4.69, 9.17) is 4.74 Å². The van der Waals surface area contributed by atoms with Crippen LogP contribution in [0.25, 0.3) is 0 Å². The van der Waals surface area contributed by atoms with Gasteiger partial charge in [-0.25, -0.2) is 4.79 Å². The van der Waals surface area contributed by atoms with Crippen molar-refractivity contribution in [2.24, 2.45) is 0 Å². The number of benzene rings is 1. The van der Waals surface area contributed by atoms with Crippen molar-refractivity contribution in [2.45, 2.75) is 19.6 Å². The lowest BCUT2D eigenvalue weighted by Crippen LogP contribution is -2.34. The van der Waals surface area contributed by atoms with Crippen molar-refractivity contribution >= 4 is 17.6 Å². The van der Waals surface area contributed by atoms with Gasteiger partial charge in [-0.15, -0.1) is 0 Å². The number of carbonyl (C=O) groups excluding carboxylic acids is 2. The molecule has 1 aliphatic rings. The molecule has 0 fully saturated rings. The molecule has 0 aliphatic carbocycles. The van der Waals surface area contributed by atoms with Gasteiger partial charge in [-0.1, -0.05) is 6.07 Å². The molecule has 0 spiro atoms. The molecule has 0 aromatic heterocycles. The van der Waals surface area contributed by atoms with Gasteiger partial charge in [-0.05, 0) is 24.6 Å². The van der Waals surface area contributed by atoms with Gasteiger partial charge in [0.05, 0.1) is 5.69 Å². The Morgan fingerprint density at radius 3 is 3.00 bits per heavy atom. The van der Waals surface area contributed by atoms with Crippen LogP contribution in [-0.2, 0) is 11.3 Å². The van der Waals surface area contributed by atoms with E-state index in [-0.39, 0.29) is 11.9 Å². The summed E-state index contributed by atoms with van der Waals surface area (Å²) >= 11 is 0. The second-order valence-electron chi connectivity index (χ2n) is 4.01. The molecule has 0 saturated carbocycles. The Bertz CT molecular complexity index is 487. The lowest BCUT2D eigenvalue weighted by molar-refractivity contribution is -0.122. The number of urea groups is 1. The zero-order valence-corrected chi connectivity index (χ0v) is 10.2. The van der Waals surface area contributed by atoms with Gasteiger partial charge in [-0.3, -0.25) is 4.79 Å². The van der Waals surface area contributed by atoms with Crippen LogP contribution in [0.3, 0.4) is 0 Å². The highest BCUT2D eigenvalue weighted by Gasteiger charge is 2.23. The maximum atomic E-state index is 11.5. The summed E-state index contributed by atoms with van der Waals surface area (Å²) in [5.41, 5.74) is 1.52. The third-order valence-electron chi connectivity index (χ3n) is 2.65. The minimum Gasteiger partial charge on any atom is -0.479 e. The van der Waals surface area contributed by atoms with E-state index in [1.807, 2.05) is 6.07 Å². The van der Waals surface area contributed by atoms with Gasteiger partial charge in [0.25, 0.3) is 5.91 Å². The van der Waals surface area contributed by atoms with Crippen LogP contribution >= 0.6 is 0 Å². The molecule has 3 amide bonds. The maximum absolute atomic E-state index is 11.5. The van der Waals surface area contributed by atoms with E-state index in [1.165, 1.54) is 0 Å². The molecule has 1 aliphatic heterocycles. The second kappa shape index (κ2) is 4.95. The van der Waals surface area contributed by atoms with Crippen LogP contribution in [0, 0.1) is 0 Å². The summed E-state index contributed by atoms with van der Waals surface area (Å²) in [5.74, 6) is 0.477. The molecule has 2 rings (SSSR count). The third kappa shape index (κ3) is 2.53. The Balaban J connectivity index is 2.10. The lowest BCUT2D eigenvalue weighted by Gasteiger charge is -2.23. The van der Waals surface area contributed by atoms with Crippen molar-refractivity contribution in [1.82, 2.24) is 10.6 Å². The molecule has 96 valence electrons. The smallest absolute Gasteiger partial charge is 0.314 e. The molecule has 1 aromatic carbocycles. The molecular weight excluding hydrogens is 234 g/mol. The largest absolute Gasteiger partial charge is 0.479 e. The number of carbonyl (C=O) groups is 2. The number of amides is 3. The van der Waals surface area contributed by atoms with Crippen LogP contribution < -0.4 is 20.7 Å². The van der Waals surface area contributed by atoms with E-state index in [2.05, 4.69) is 16.0 Å². The zero-order valence-electron chi connectivity index (χ0n) is 10.2. The molecule has 0 bridgehead atoms. The number of ether oxygens (including phenoxy) is 1. The van der Waals surface area contributed by atoms with Gasteiger partial charge in [0, 0.05) is 13.6 Å². The first kappa shape index (κ1) is 12.2. The Labute approximate surface area is 105 Å². The highest BCUT2D eigenvalue weighted by Crippen LogP contribution is 2.30. The molecule has 6 heteroatoms. The Morgan fingerprint density at radius 2 is 2.28 bits per heavy atom. The fourth-order valence-electron chi connectivity index (χ4n) is 1.64. The number of fused-ring (bicyclic) bond motifs is 1. The fraction of sp³-hybridized carbons (Fsp3) is 0.333. The van der Waals surface area contributed by atoms with Crippen LogP contribution in [0.15, 0.2) is 18.2 Å². The molecule has 1 unspecified atom stereocenters. The van der Waals surface area contributed by atoms with Crippen LogP contribution in [0.5, 0.6) is 5.75 Å². The summed E-state index contributed by atoms with van der Waals surface area (Å²) < 4.78 is 5.43. The van der Waals surface area contributed by atoms with Gasteiger partial charge < -0.3 is 20.7 Å². The van der Waals surface area contributed by atoms with Crippen molar-refractivity contribution < 1.29 is 14.3 Å². The van der Waals surface area contributed by atoms with Gasteiger partial charge >= 0.3 is 6.03 Å². The predicted molar refractivity (Wildman–Crippen MR) is 66.5 cm³/mol. The summed E-state index contributed by atoms with van der Waals surface area (Å²) in [4.78, 5) is 22.5. The molecule has 1 aromatic rings. The van der Waals surface area contributed by atoms with Crippen molar-refractivity contribution in [3.8, 4) is 5.75 Å². The zero-order chi connectivity index (χ0) is 13.1. The van der Waals surface area contributed by atoms with Crippen molar-refractivity contribution in [2.75, 3.05) is 12.4 Å². The van der Waals surface area contributed by atoms with Crippen LogP contribution in [0.2, 0.25) is 0 Å². The summed E-state index contributed by atoms with van der Waals surface area (Å²) in [6, 6.07) is 5.17. The average molecular weight is 249 g/mol. The normalized spacial score (nSPS) is 17.2. The Kier molecular flexibility index (Phi) is 3.36. The summed E-state index contributed by atoms with van der Waals surface area (Å²) in [6.45, 7) is 2.08. The molecule has 1 heterocycles. The van der Waals surface area contributed by atoms with Gasteiger partial charge in [0.1, 0.15) is 5.75 Å². The van der Waals surface area contributed by atoms with Crippen molar-refractivity contribution in [1.29, 1.82) is 0 Å². The third-order valence-corrected chi connectivity index (χ3v) is 2.65. The Morgan fingerprint density at radius 1 is 1.50 bits per heavy atom. The van der Waals surface area contributed by atoms with Gasteiger partial charge in [0.15, 0.2) is 6.10 Å². The summed E-state index contributed by atoms with van der Waals surface area (Å²) in [5, 5.41) is 7.90. The lowest BCUT2D eigenvalue weighted by atomic mass is 10.1. The fourth-order valence-corrected chi connectivity index (χ4v) is 1.64. The van der Waals surface area contributed by atoms with Gasteiger partial charge in [0.2, 0.25) is 0 Å². The monoisotopic (exact) mass is 249 g/mol.